The maximum absolute atomic E-state index is 14.2. The van der Waals surface area contributed by atoms with Gasteiger partial charge in [0, 0.05) is 19.0 Å². The van der Waals surface area contributed by atoms with Crippen LogP contribution < -0.4 is 0 Å². The highest BCUT2D eigenvalue weighted by Crippen LogP contribution is 2.34. The second kappa shape index (κ2) is 6.31. The number of benzene rings is 2. The summed E-state index contributed by atoms with van der Waals surface area (Å²) in [4.78, 5) is 18.7. The van der Waals surface area contributed by atoms with Gasteiger partial charge in [-0.05, 0) is 31.0 Å². The number of hydrogen-bond donors (Lipinski definition) is 0. The lowest BCUT2D eigenvalue weighted by molar-refractivity contribution is -0.129. The maximum atomic E-state index is 14.2. The summed E-state index contributed by atoms with van der Waals surface area (Å²) in [6.07, 6.45) is 1.85. The van der Waals surface area contributed by atoms with Crippen molar-refractivity contribution in [3.63, 3.8) is 0 Å². The highest BCUT2D eigenvalue weighted by Gasteiger charge is 2.32. The normalized spacial score (nSPS) is 17.4. The van der Waals surface area contributed by atoms with E-state index in [-0.39, 0.29) is 17.8 Å². The molecule has 1 aromatic heterocycles. The Morgan fingerprint density at radius 2 is 1.96 bits per heavy atom. The fourth-order valence-electron chi connectivity index (χ4n) is 3.72. The van der Waals surface area contributed by atoms with Gasteiger partial charge in [0.2, 0.25) is 5.91 Å². The molecule has 0 saturated carbocycles. The molecule has 1 aliphatic heterocycles. The van der Waals surface area contributed by atoms with E-state index in [2.05, 4.69) is 4.57 Å². The molecule has 4 nitrogen and oxygen atoms in total. The van der Waals surface area contributed by atoms with Gasteiger partial charge in [0.25, 0.3) is 0 Å². The first-order valence-corrected chi connectivity index (χ1v) is 8.61. The Morgan fingerprint density at radius 3 is 2.76 bits per heavy atom. The van der Waals surface area contributed by atoms with Crippen molar-refractivity contribution >= 4 is 16.9 Å². The lowest BCUT2D eigenvalue weighted by Gasteiger charge is -2.24. The van der Waals surface area contributed by atoms with E-state index in [0.29, 0.717) is 12.1 Å². The minimum absolute atomic E-state index is 0.0447. The predicted molar refractivity (Wildman–Crippen MR) is 94.6 cm³/mol. The number of hydrogen-bond acceptors (Lipinski definition) is 2. The van der Waals surface area contributed by atoms with E-state index in [1.54, 1.807) is 19.1 Å². The number of rotatable bonds is 3. The zero-order valence-electron chi connectivity index (χ0n) is 14.2. The average Bonchev–Trinajstić information content (AvgIpc) is 3.22. The van der Waals surface area contributed by atoms with Crippen molar-refractivity contribution in [3.05, 3.63) is 65.7 Å². The van der Waals surface area contributed by atoms with Gasteiger partial charge in [-0.1, -0.05) is 30.3 Å². The van der Waals surface area contributed by atoms with Crippen LogP contribution in [0.2, 0.25) is 0 Å². The molecule has 0 bridgehead atoms. The number of amides is 1. The number of halogens is 1. The van der Waals surface area contributed by atoms with E-state index in [4.69, 9.17) is 4.98 Å². The molecular weight excluding hydrogens is 317 g/mol. The molecule has 2 aromatic carbocycles. The van der Waals surface area contributed by atoms with Gasteiger partial charge in [-0.25, -0.2) is 9.37 Å². The zero-order chi connectivity index (χ0) is 17.4. The van der Waals surface area contributed by atoms with Gasteiger partial charge in [0.1, 0.15) is 11.6 Å². The summed E-state index contributed by atoms with van der Waals surface area (Å²) in [5.41, 5.74) is 2.47. The first kappa shape index (κ1) is 15.8. The number of aromatic nitrogens is 2. The van der Waals surface area contributed by atoms with Gasteiger partial charge in [0.15, 0.2) is 0 Å². The molecule has 0 aliphatic carbocycles. The number of carbonyl (C=O) groups excluding carboxylic acids is 1. The van der Waals surface area contributed by atoms with Crippen molar-refractivity contribution in [2.45, 2.75) is 32.4 Å². The van der Waals surface area contributed by atoms with E-state index < -0.39 is 0 Å². The Morgan fingerprint density at radius 1 is 1.20 bits per heavy atom. The number of likely N-dealkylation sites (tertiary alicyclic amines) is 1. The molecule has 1 aliphatic rings. The van der Waals surface area contributed by atoms with Gasteiger partial charge in [-0.15, -0.1) is 0 Å². The molecule has 0 N–H and O–H groups in total. The largest absolute Gasteiger partial charge is 0.333 e. The molecule has 5 heteroatoms. The lowest BCUT2D eigenvalue weighted by atomic mass is 10.1. The van der Waals surface area contributed by atoms with Gasteiger partial charge < -0.3 is 9.47 Å². The molecule has 0 radical (unpaired) electrons. The monoisotopic (exact) mass is 337 g/mol. The van der Waals surface area contributed by atoms with E-state index in [0.717, 1.165) is 36.2 Å². The number of fused-ring (bicyclic) bond motifs is 1. The van der Waals surface area contributed by atoms with Crippen LogP contribution in [0.5, 0.6) is 0 Å². The van der Waals surface area contributed by atoms with Crippen molar-refractivity contribution < 1.29 is 9.18 Å². The Labute approximate surface area is 145 Å². The van der Waals surface area contributed by atoms with Gasteiger partial charge in [-0.2, -0.15) is 0 Å². The Hall–Kier alpha value is -2.69. The SMILES string of the molecule is CC(=O)N1CCC[C@H]1c1nc2ccccc2n1Cc1ccccc1F. The van der Waals surface area contributed by atoms with Crippen LogP contribution in [0.4, 0.5) is 4.39 Å². The molecule has 25 heavy (non-hydrogen) atoms. The van der Waals surface area contributed by atoms with Crippen molar-refractivity contribution in [2.24, 2.45) is 0 Å². The summed E-state index contributed by atoms with van der Waals surface area (Å²) in [5.74, 6) is 0.685. The Kier molecular flexibility index (Phi) is 3.99. The average molecular weight is 337 g/mol. The number of para-hydroxylation sites is 2. The van der Waals surface area contributed by atoms with Gasteiger partial charge in [-0.3, -0.25) is 4.79 Å². The lowest BCUT2D eigenvalue weighted by Crippen LogP contribution is -2.30. The number of carbonyl (C=O) groups is 1. The van der Waals surface area contributed by atoms with Gasteiger partial charge >= 0.3 is 0 Å². The fourth-order valence-corrected chi connectivity index (χ4v) is 3.72. The van der Waals surface area contributed by atoms with Crippen LogP contribution in [-0.4, -0.2) is 26.9 Å². The quantitative estimate of drug-likeness (QED) is 0.727. The minimum Gasteiger partial charge on any atom is -0.333 e. The highest BCUT2D eigenvalue weighted by molar-refractivity contribution is 5.77. The second-order valence-electron chi connectivity index (χ2n) is 6.51. The van der Waals surface area contributed by atoms with E-state index in [1.807, 2.05) is 35.2 Å². The smallest absolute Gasteiger partial charge is 0.220 e. The van der Waals surface area contributed by atoms with Crippen molar-refractivity contribution in [2.75, 3.05) is 6.54 Å². The molecule has 0 spiro atoms. The summed E-state index contributed by atoms with van der Waals surface area (Å²) in [5, 5.41) is 0. The maximum Gasteiger partial charge on any atom is 0.220 e. The summed E-state index contributed by atoms with van der Waals surface area (Å²) in [6.45, 7) is 2.76. The molecule has 1 fully saturated rings. The second-order valence-corrected chi connectivity index (χ2v) is 6.51. The molecule has 1 saturated heterocycles. The van der Waals surface area contributed by atoms with Crippen LogP contribution in [0.15, 0.2) is 48.5 Å². The molecule has 1 amide bonds. The highest BCUT2D eigenvalue weighted by atomic mass is 19.1. The third-order valence-corrected chi connectivity index (χ3v) is 4.93. The molecular formula is C20H20FN3O. The van der Waals surface area contributed by atoms with Crippen molar-refractivity contribution in [1.82, 2.24) is 14.5 Å². The summed E-state index contributed by atoms with van der Waals surface area (Å²) < 4.78 is 16.3. The van der Waals surface area contributed by atoms with Gasteiger partial charge in [0.05, 0.1) is 23.6 Å². The standard InChI is InChI=1S/C20H20FN3O/c1-14(25)23-12-6-11-19(23)20-22-17-9-4-5-10-18(17)24(20)13-15-7-2-3-8-16(15)21/h2-5,7-10,19H,6,11-13H2,1H3/t19-/m0/s1. The molecule has 4 rings (SSSR count). The Bertz CT molecular complexity index is 934. The molecule has 128 valence electrons. The van der Waals surface area contributed by atoms with Crippen LogP contribution in [0.3, 0.4) is 0 Å². The summed E-state index contributed by atoms with van der Waals surface area (Å²) >= 11 is 0. The summed E-state index contributed by atoms with van der Waals surface area (Å²) in [6, 6.07) is 14.6. The fraction of sp³-hybridized carbons (Fsp3) is 0.300. The van der Waals surface area contributed by atoms with E-state index in [1.165, 1.54) is 6.07 Å². The number of nitrogens with zero attached hydrogens (tertiary/aromatic N) is 3. The van der Waals surface area contributed by atoms with Crippen molar-refractivity contribution in [3.8, 4) is 0 Å². The third-order valence-electron chi connectivity index (χ3n) is 4.93. The minimum atomic E-state index is -0.221. The summed E-state index contributed by atoms with van der Waals surface area (Å²) in [7, 11) is 0. The molecule has 2 heterocycles. The number of imidazole rings is 1. The van der Waals surface area contributed by atoms with E-state index in [9.17, 15) is 9.18 Å². The van der Waals surface area contributed by atoms with E-state index >= 15 is 0 Å². The van der Waals surface area contributed by atoms with Crippen molar-refractivity contribution in [1.29, 1.82) is 0 Å². The first-order valence-electron chi connectivity index (χ1n) is 8.61. The molecule has 3 aromatic rings. The predicted octanol–water partition coefficient (Wildman–Crippen LogP) is 3.91. The van der Waals surface area contributed by atoms with Crippen LogP contribution in [-0.2, 0) is 11.3 Å². The van der Waals surface area contributed by atoms with Crippen LogP contribution in [0, 0.1) is 5.82 Å². The topological polar surface area (TPSA) is 38.1 Å². The zero-order valence-corrected chi connectivity index (χ0v) is 14.2. The van der Waals surface area contributed by atoms with Crippen LogP contribution in [0.25, 0.3) is 11.0 Å². The third kappa shape index (κ3) is 2.80. The molecule has 1 atom stereocenters. The van der Waals surface area contributed by atoms with Crippen LogP contribution in [0.1, 0.15) is 37.2 Å². The first-order chi connectivity index (χ1) is 12.1. The Balaban J connectivity index is 1.84. The van der Waals surface area contributed by atoms with Crippen LogP contribution >= 0.6 is 0 Å². The molecule has 0 unspecified atom stereocenters.